The Morgan fingerprint density at radius 2 is 2.15 bits per heavy atom. The van der Waals surface area contributed by atoms with Crippen LogP contribution in [0.4, 0.5) is 4.79 Å². The van der Waals surface area contributed by atoms with Crippen LogP contribution in [0.3, 0.4) is 0 Å². The van der Waals surface area contributed by atoms with E-state index in [-0.39, 0.29) is 30.1 Å². The van der Waals surface area contributed by atoms with Crippen molar-refractivity contribution in [2.75, 3.05) is 19.6 Å². The van der Waals surface area contributed by atoms with Gasteiger partial charge in [0.15, 0.2) is 5.96 Å². The highest BCUT2D eigenvalue weighted by molar-refractivity contribution is 14.0. The van der Waals surface area contributed by atoms with Gasteiger partial charge in [-0.15, -0.1) is 24.0 Å². The molecule has 0 spiro atoms. The van der Waals surface area contributed by atoms with E-state index in [1.807, 2.05) is 39.8 Å². The molecule has 0 aromatic carbocycles. The number of hydrogen-bond donors (Lipinski definition) is 2. The van der Waals surface area contributed by atoms with E-state index < -0.39 is 5.60 Å². The molecule has 0 aliphatic carbocycles. The number of carbonyl (C=O) groups is 1. The molecule has 0 bridgehead atoms. The van der Waals surface area contributed by atoms with Crippen molar-refractivity contribution < 1.29 is 9.53 Å². The monoisotopic (exact) mass is 477 g/mol. The molecule has 1 aromatic heterocycles. The average Bonchev–Trinajstić information content (AvgIpc) is 2.55. The Labute approximate surface area is 173 Å². The number of amides is 1. The third-order valence-corrected chi connectivity index (χ3v) is 3.16. The molecule has 0 saturated heterocycles. The molecule has 7 nitrogen and oxygen atoms in total. The molecule has 3 N–H and O–H groups in total. The van der Waals surface area contributed by atoms with Crippen LogP contribution in [0.2, 0.25) is 0 Å². The van der Waals surface area contributed by atoms with Crippen LogP contribution in [-0.2, 0) is 11.3 Å². The van der Waals surface area contributed by atoms with Crippen molar-refractivity contribution in [3.63, 3.8) is 0 Å². The molecule has 0 atom stereocenters. The van der Waals surface area contributed by atoms with Gasteiger partial charge in [-0.25, -0.2) is 4.79 Å². The van der Waals surface area contributed by atoms with E-state index in [1.165, 1.54) is 0 Å². The number of aliphatic imine (C=N–C) groups is 1. The summed E-state index contributed by atoms with van der Waals surface area (Å²) >= 11 is 0. The van der Waals surface area contributed by atoms with Crippen LogP contribution < -0.4 is 11.1 Å². The lowest BCUT2D eigenvalue weighted by atomic mass is 10.2. The average molecular weight is 477 g/mol. The van der Waals surface area contributed by atoms with Crippen molar-refractivity contribution in [1.82, 2.24) is 15.2 Å². The largest absolute Gasteiger partial charge is 0.444 e. The molecule has 0 aliphatic rings. The van der Waals surface area contributed by atoms with Crippen LogP contribution in [-0.4, -0.2) is 47.2 Å². The lowest BCUT2D eigenvalue weighted by Gasteiger charge is -2.27. The molecule has 1 heterocycles. The Kier molecular flexibility index (Phi) is 11.9. The first-order chi connectivity index (χ1) is 11.8. The Balaban J connectivity index is 0.00000625. The minimum Gasteiger partial charge on any atom is -0.444 e. The summed E-state index contributed by atoms with van der Waals surface area (Å²) in [6.45, 7) is 10.0. The lowest BCUT2D eigenvalue weighted by molar-refractivity contribution is 0.0232. The molecule has 1 amide bonds. The fourth-order valence-electron chi connectivity index (χ4n) is 2.05. The van der Waals surface area contributed by atoms with Crippen molar-refractivity contribution >= 4 is 36.0 Å². The van der Waals surface area contributed by atoms with E-state index in [0.29, 0.717) is 32.1 Å². The molecular formula is C18H32IN5O2. The summed E-state index contributed by atoms with van der Waals surface area (Å²) in [6.07, 6.45) is 4.83. The van der Waals surface area contributed by atoms with Crippen LogP contribution in [0.25, 0.3) is 0 Å². The van der Waals surface area contributed by atoms with Crippen LogP contribution >= 0.6 is 24.0 Å². The molecule has 26 heavy (non-hydrogen) atoms. The van der Waals surface area contributed by atoms with Gasteiger partial charge < -0.3 is 20.7 Å². The van der Waals surface area contributed by atoms with Gasteiger partial charge in [-0.1, -0.05) is 13.0 Å². The van der Waals surface area contributed by atoms with Gasteiger partial charge in [0.1, 0.15) is 5.60 Å². The van der Waals surface area contributed by atoms with Gasteiger partial charge in [0, 0.05) is 32.0 Å². The standard InChI is InChI=1S/C18H31N5O2.HI/c1-5-9-21-16(19)22-11-7-12-23(17(24)25-18(2,3)4)14-15-8-6-10-20-13-15;/h6,8,10,13H,5,7,9,11-12,14H2,1-4H3,(H3,19,21,22);1H. The third-order valence-electron chi connectivity index (χ3n) is 3.16. The van der Waals surface area contributed by atoms with Gasteiger partial charge in [0.2, 0.25) is 0 Å². The zero-order chi connectivity index (χ0) is 18.7. The number of rotatable bonds is 8. The Bertz CT molecular complexity index is 546. The normalized spacial score (nSPS) is 11.5. The summed E-state index contributed by atoms with van der Waals surface area (Å²) in [5.74, 6) is 0.443. The fourth-order valence-corrected chi connectivity index (χ4v) is 2.05. The van der Waals surface area contributed by atoms with Gasteiger partial charge >= 0.3 is 6.09 Å². The summed E-state index contributed by atoms with van der Waals surface area (Å²) in [5.41, 5.74) is 6.20. The predicted octanol–water partition coefficient (Wildman–Crippen LogP) is 3.14. The highest BCUT2D eigenvalue weighted by atomic mass is 127. The van der Waals surface area contributed by atoms with E-state index >= 15 is 0 Å². The minimum atomic E-state index is -0.528. The predicted molar refractivity (Wildman–Crippen MR) is 116 cm³/mol. The zero-order valence-corrected chi connectivity index (χ0v) is 18.5. The number of aromatic nitrogens is 1. The molecule has 0 saturated carbocycles. The third kappa shape index (κ3) is 11.1. The SMILES string of the molecule is CCCN=C(N)NCCCN(Cc1cccnc1)C(=O)OC(C)(C)C.I. The number of halogens is 1. The number of ether oxygens (including phenoxy) is 1. The number of pyridine rings is 1. The van der Waals surface area contributed by atoms with Crippen LogP contribution in [0.1, 0.15) is 46.1 Å². The lowest BCUT2D eigenvalue weighted by Crippen LogP contribution is -2.39. The Hall–Kier alpha value is -1.58. The maximum atomic E-state index is 12.4. The number of nitrogens with two attached hydrogens (primary N) is 1. The van der Waals surface area contributed by atoms with E-state index in [2.05, 4.69) is 15.3 Å². The molecule has 148 valence electrons. The molecule has 8 heteroatoms. The summed E-state index contributed by atoms with van der Waals surface area (Å²) in [7, 11) is 0. The first-order valence-electron chi connectivity index (χ1n) is 8.72. The van der Waals surface area contributed by atoms with Crippen molar-refractivity contribution in [2.24, 2.45) is 10.7 Å². The molecular weight excluding hydrogens is 445 g/mol. The van der Waals surface area contributed by atoms with E-state index in [9.17, 15) is 4.79 Å². The number of guanidine groups is 1. The second-order valence-corrected chi connectivity index (χ2v) is 6.81. The van der Waals surface area contributed by atoms with Crippen LogP contribution in [0.5, 0.6) is 0 Å². The number of carbonyl (C=O) groups excluding carboxylic acids is 1. The molecule has 1 rings (SSSR count). The molecule has 0 fully saturated rings. The van der Waals surface area contributed by atoms with Crippen molar-refractivity contribution in [1.29, 1.82) is 0 Å². The zero-order valence-electron chi connectivity index (χ0n) is 16.2. The van der Waals surface area contributed by atoms with Crippen molar-refractivity contribution in [3.8, 4) is 0 Å². The smallest absolute Gasteiger partial charge is 0.410 e. The summed E-state index contributed by atoms with van der Waals surface area (Å²) in [6, 6.07) is 3.80. The van der Waals surface area contributed by atoms with Gasteiger partial charge in [-0.05, 0) is 45.2 Å². The topological polar surface area (TPSA) is 92.8 Å². The van der Waals surface area contributed by atoms with Gasteiger partial charge in [0.25, 0.3) is 0 Å². The van der Waals surface area contributed by atoms with Gasteiger partial charge in [-0.3, -0.25) is 9.98 Å². The quantitative estimate of drug-likeness (QED) is 0.260. The molecule has 0 radical (unpaired) electrons. The second-order valence-electron chi connectivity index (χ2n) is 6.81. The number of hydrogen-bond acceptors (Lipinski definition) is 4. The van der Waals surface area contributed by atoms with E-state index in [4.69, 9.17) is 10.5 Å². The Morgan fingerprint density at radius 3 is 2.73 bits per heavy atom. The van der Waals surface area contributed by atoms with Crippen LogP contribution in [0.15, 0.2) is 29.5 Å². The Morgan fingerprint density at radius 1 is 1.42 bits per heavy atom. The van der Waals surface area contributed by atoms with E-state index in [1.54, 1.807) is 17.3 Å². The summed E-state index contributed by atoms with van der Waals surface area (Å²) in [5, 5.41) is 3.06. The maximum absolute atomic E-state index is 12.4. The number of nitrogens with one attached hydrogen (secondary N) is 1. The minimum absolute atomic E-state index is 0. The first kappa shape index (κ1) is 24.4. The van der Waals surface area contributed by atoms with Crippen molar-refractivity contribution in [3.05, 3.63) is 30.1 Å². The van der Waals surface area contributed by atoms with Crippen molar-refractivity contribution in [2.45, 2.75) is 52.7 Å². The maximum Gasteiger partial charge on any atom is 0.410 e. The molecule has 1 aromatic rings. The summed E-state index contributed by atoms with van der Waals surface area (Å²) < 4.78 is 5.50. The first-order valence-corrected chi connectivity index (χ1v) is 8.72. The number of nitrogens with zero attached hydrogens (tertiary/aromatic N) is 3. The second kappa shape index (κ2) is 12.7. The molecule has 0 unspecified atom stereocenters. The van der Waals surface area contributed by atoms with Gasteiger partial charge in [0.05, 0.1) is 6.54 Å². The van der Waals surface area contributed by atoms with Crippen LogP contribution in [0, 0.1) is 0 Å². The highest BCUT2D eigenvalue weighted by Gasteiger charge is 2.22. The highest BCUT2D eigenvalue weighted by Crippen LogP contribution is 2.12. The fraction of sp³-hybridized carbons (Fsp3) is 0.611. The van der Waals surface area contributed by atoms with E-state index in [0.717, 1.165) is 18.4 Å². The molecule has 0 aliphatic heterocycles. The summed E-state index contributed by atoms with van der Waals surface area (Å²) in [4.78, 5) is 22.4. The van der Waals surface area contributed by atoms with Gasteiger partial charge in [-0.2, -0.15) is 0 Å².